The van der Waals surface area contributed by atoms with E-state index in [1.807, 2.05) is 0 Å². The molecule has 0 aliphatic carbocycles. The molecule has 0 fully saturated rings. The summed E-state index contributed by atoms with van der Waals surface area (Å²) in [5, 5.41) is 3.27. The van der Waals surface area contributed by atoms with Crippen molar-refractivity contribution in [3.8, 4) is 11.5 Å². The van der Waals surface area contributed by atoms with E-state index in [4.69, 9.17) is 13.9 Å². The Morgan fingerprint density at radius 3 is 2.46 bits per heavy atom. The highest BCUT2D eigenvalue weighted by atomic mass is 19.1. The van der Waals surface area contributed by atoms with Gasteiger partial charge < -0.3 is 19.2 Å². The summed E-state index contributed by atoms with van der Waals surface area (Å²) in [5.74, 6) is -0.217. The van der Waals surface area contributed by atoms with E-state index >= 15 is 0 Å². The zero-order valence-electron chi connectivity index (χ0n) is 14.2. The van der Waals surface area contributed by atoms with Crippen LogP contribution in [0.2, 0.25) is 0 Å². The molecule has 26 heavy (non-hydrogen) atoms. The number of benzene rings is 2. The highest BCUT2D eigenvalue weighted by Crippen LogP contribution is 2.28. The second-order valence-corrected chi connectivity index (χ2v) is 5.45. The van der Waals surface area contributed by atoms with Gasteiger partial charge in [-0.05, 0) is 29.8 Å². The first-order chi connectivity index (χ1) is 12.5. The molecule has 0 unspecified atom stereocenters. The lowest BCUT2D eigenvalue weighted by Gasteiger charge is -2.13. The first-order valence-corrected chi connectivity index (χ1v) is 7.75. The largest absolute Gasteiger partial charge is 0.496 e. The molecule has 3 rings (SSSR count). The SMILES string of the molecule is COc1cccc(OC)c1C(=O)NCc1cc(=O)oc2cc(F)ccc12. The molecule has 1 heterocycles. The van der Waals surface area contributed by atoms with Gasteiger partial charge in [0.2, 0.25) is 0 Å². The van der Waals surface area contributed by atoms with Gasteiger partial charge in [0.05, 0.1) is 14.2 Å². The van der Waals surface area contributed by atoms with Gasteiger partial charge in [-0.2, -0.15) is 0 Å². The third kappa shape index (κ3) is 3.37. The fourth-order valence-corrected chi connectivity index (χ4v) is 2.69. The smallest absolute Gasteiger partial charge is 0.336 e. The van der Waals surface area contributed by atoms with Gasteiger partial charge in [-0.15, -0.1) is 0 Å². The van der Waals surface area contributed by atoms with Crippen LogP contribution in [0.25, 0.3) is 11.0 Å². The minimum absolute atomic E-state index is 0.0494. The van der Waals surface area contributed by atoms with Crippen LogP contribution in [0, 0.1) is 5.82 Å². The number of carbonyl (C=O) groups is 1. The molecule has 0 atom stereocenters. The molecule has 1 N–H and O–H groups in total. The van der Waals surface area contributed by atoms with Crippen LogP contribution < -0.4 is 20.4 Å². The Balaban J connectivity index is 1.92. The molecule has 0 spiro atoms. The van der Waals surface area contributed by atoms with Gasteiger partial charge >= 0.3 is 5.63 Å². The van der Waals surface area contributed by atoms with Crippen molar-refractivity contribution in [2.45, 2.75) is 6.54 Å². The lowest BCUT2D eigenvalue weighted by molar-refractivity contribution is 0.0944. The Morgan fingerprint density at radius 2 is 1.81 bits per heavy atom. The number of nitrogens with one attached hydrogen (secondary N) is 1. The summed E-state index contributed by atoms with van der Waals surface area (Å²) in [6.07, 6.45) is 0. The molecule has 0 aliphatic heterocycles. The van der Waals surface area contributed by atoms with Crippen LogP contribution in [0.1, 0.15) is 15.9 Å². The van der Waals surface area contributed by atoms with E-state index in [0.29, 0.717) is 22.4 Å². The van der Waals surface area contributed by atoms with E-state index in [1.165, 1.54) is 32.4 Å². The fraction of sp³-hybridized carbons (Fsp3) is 0.158. The Hall–Kier alpha value is -3.35. The molecule has 0 radical (unpaired) electrons. The van der Waals surface area contributed by atoms with Gasteiger partial charge in [-0.25, -0.2) is 9.18 Å². The Labute approximate surface area is 148 Å². The number of methoxy groups -OCH3 is 2. The molecular weight excluding hydrogens is 341 g/mol. The fourth-order valence-electron chi connectivity index (χ4n) is 2.69. The second-order valence-electron chi connectivity index (χ2n) is 5.45. The Morgan fingerprint density at radius 1 is 1.12 bits per heavy atom. The number of ether oxygens (including phenoxy) is 2. The van der Waals surface area contributed by atoms with Crippen molar-refractivity contribution in [1.82, 2.24) is 5.32 Å². The minimum Gasteiger partial charge on any atom is -0.496 e. The predicted molar refractivity (Wildman–Crippen MR) is 93.2 cm³/mol. The van der Waals surface area contributed by atoms with Crippen LogP contribution >= 0.6 is 0 Å². The topological polar surface area (TPSA) is 77.8 Å². The lowest BCUT2D eigenvalue weighted by atomic mass is 10.1. The average Bonchev–Trinajstić information content (AvgIpc) is 2.64. The van der Waals surface area contributed by atoms with E-state index in [2.05, 4.69) is 5.32 Å². The van der Waals surface area contributed by atoms with Crippen molar-refractivity contribution in [3.63, 3.8) is 0 Å². The van der Waals surface area contributed by atoms with Crippen molar-refractivity contribution >= 4 is 16.9 Å². The molecule has 2 aromatic carbocycles. The maximum Gasteiger partial charge on any atom is 0.336 e. The van der Waals surface area contributed by atoms with Crippen molar-refractivity contribution in [1.29, 1.82) is 0 Å². The van der Waals surface area contributed by atoms with Crippen molar-refractivity contribution in [2.75, 3.05) is 14.2 Å². The van der Waals surface area contributed by atoms with Gasteiger partial charge in [0.25, 0.3) is 5.91 Å². The maximum absolute atomic E-state index is 13.3. The molecule has 0 bridgehead atoms. The van der Waals surface area contributed by atoms with Crippen LogP contribution in [-0.2, 0) is 6.54 Å². The molecule has 3 aromatic rings. The lowest BCUT2D eigenvalue weighted by Crippen LogP contribution is -2.24. The number of fused-ring (bicyclic) bond motifs is 1. The molecular formula is C19H16FNO5. The summed E-state index contributed by atoms with van der Waals surface area (Å²) in [6.45, 7) is 0.0494. The minimum atomic E-state index is -0.623. The number of halogens is 1. The molecule has 0 saturated carbocycles. The zero-order chi connectivity index (χ0) is 18.7. The highest BCUT2D eigenvalue weighted by Gasteiger charge is 2.18. The normalized spacial score (nSPS) is 10.6. The maximum atomic E-state index is 13.3. The third-order valence-corrected chi connectivity index (χ3v) is 3.89. The summed E-state index contributed by atoms with van der Waals surface area (Å²) in [5.41, 5.74) is 0.258. The van der Waals surface area contributed by atoms with Crippen molar-refractivity contribution in [2.24, 2.45) is 0 Å². The summed E-state index contributed by atoms with van der Waals surface area (Å²) < 4.78 is 28.8. The predicted octanol–water partition coefficient (Wildman–Crippen LogP) is 2.88. The van der Waals surface area contributed by atoms with Crippen molar-refractivity contribution < 1.29 is 23.1 Å². The monoisotopic (exact) mass is 357 g/mol. The number of amides is 1. The second kappa shape index (κ2) is 7.26. The van der Waals surface area contributed by atoms with E-state index in [-0.39, 0.29) is 17.7 Å². The van der Waals surface area contributed by atoms with Gasteiger partial charge in [0, 0.05) is 24.1 Å². The van der Waals surface area contributed by atoms with Gasteiger partial charge in [-0.3, -0.25) is 4.79 Å². The Bertz CT molecular complexity index is 1010. The van der Waals surface area contributed by atoms with Gasteiger partial charge in [0.15, 0.2) is 0 Å². The summed E-state index contributed by atoms with van der Waals surface area (Å²) in [4.78, 5) is 24.3. The van der Waals surface area contributed by atoms with Crippen LogP contribution in [0.3, 0.4) is 0 Å². The number of rotatable bonds is 5. The first kappa shape index (κ1) is 17.5. The van der Waals surface area contributed by atoms with Crippen LogP contribution in [0.15, 0.2) is 51.7 Å². The Kier molecular flexibility index (Phi) is 4.88. The standard InChI is InChI=1S/C19H16FNO5/c1-24-14-4-3-5-15(25-2)18(14)19(23)21-10-11-8-17(22)26-16-9-12(20)6-7-13(11)16/h3-9H,10H2,1-2H3,(H,21,23). The molecule has 1 aromatic heterocycles. The number of hydrogen-bond acceptors (Lipinski definition) is 5. The molecule has 0 saturated heterocycles. The number of hydrogen-bond donors (Lipinski definition) is 1. The molecule has 1 amide bonds. The molecule has 6 nitrogen and oxygen atoms in total. The summed E-state index contributed by atoms with van der Waals surface area (Å²) in [6, 6.07) is 10.2. The average molecular weight is 357 g/mol. The van der Waals surface area contributed by atoms with E-state index in [9.17, 15) is 14.0 Å². The van der Waals surface area contributed by atoms with E-state index in [1.54, 1.807) is 18.2 Å². The van der Waals surface area contributed by atoms with Gasteiger partial charge in [-0.1, -0.05) is 6.07 Å². The number of carbonyl (C=O) groups excluding carboxylic acids is 1. The summed E-state index contributed by atoms with van der Waals surface area (Å²) >= 11 is 0. The first-order valence-electron chi connectivity index (χ1n) is 7.75. The van der Waals surface area contributed by atoms with Gasteiger partial charge in [0.1, 0.15) is 28.5 Å². The molecule has 0 aliphatic rings. The molecule has 7 heteroatoms. The highest BCUT2D eigenvalue weighted by molar-refractivity contribution is 5.99. The zero-order valence-corrected chi connectivity index (χ0v) is 14.2. The van der Waals surface area contributed by atoms with E-state index in [0.717, 1.165) is 6.07 Å². The third-order valence-electron chi connectivity index (χ3n) is 3.89. The summed E-state index contributed by atoms with van der Waals surface area (Å²) in [7, 11) is 2.91. The van der Waals surface area contributed by atoms with Crippen LogP contribution in [-0.4, -0.2) is 20.1 Å². The van der Waals surface area contributed by atoms with Crippen molar-refractivity contribution in [3.05, 3.63) is 69.8 Å². The van der Waals surface area contributed by atoms with Crippen LogP contribution in [0.4, 0.5) is 4.39 Å². The molecule has 134 valence electrons. The van der Waals surface area contributed by atoms with Crippen LogP contribution in [0.5, 0.6) is 11.5 Å². The van der Waals surface area contributed by atoms with E-state index < -0.39 is 17.3 Å². The quantitative estimate of drug-likeness (QED) is 0.711.